The van der Waals surface area contributed by atoms with Gasteiger partial charge in [-0.15, -0.1) is 0 Å². The van der Waals surface area contributed by atoms with E-state index in [1.807, 2.05) is 18.2 Å². The van der Waals surface area contributed by atoms with Crippen molar-refractivity contribution < 1.29 is 9.90 Å². The molecule has 0 saturated carbocycles. The summed E-state index contributed by atoms with van der Waals surface area (Å²) >= 11 is 6.14. The van der Waals surface area contributed by atoms with Crippen LogP contribution >= 0.6 is 11.6 Å². The Bertz CT molecular complexity index is 932. The number of aromatic amines is 1. The Morgan fingerprint density at radius 3 is 2.64 bits per heavy atom. The van der Waals surface area contributed by atoms with E-state index >= 15 is 0 Å². The summed E-state index contributed by atoms with van der Waals surface area (Å²) in [7, 11) is 0. The average molecular weight is 355 g/mol. The van der Waals surface area contributed by atoms with Gasteiger partial charge >= 0.3 is 0 Å². The Morgan fingerprint density at radius 2 is 1.92 bits per heavy atom. The third-order valence-electron chi connectivity index (χ3n) is 3.58. The lowest BCUT2D eigenvalue weighted by atomic mass is 10.1. The van der Waals surface area contributed by atoms with E-state index in [1.54, 1.807) is 43.3 Å². The van der Waals surface area contributed by atoms with Gasteiger partial charge in [-0.3, -0.25) is 9.89 Å². The maximum Gasteiger partial charge on any atom is 0.289 e. The van der Waals surface area contributed by atoms with Gasteiger partial charge in [0.2, 0.25) is 0 Å². The number of hydrazone groups is 1. The molecule has 0 fully saturated rings. The normalized spacial score (nSPS) is 11.4. The zero-order chi connectivity index (χ0) is 17.8. The van der Waals surface area contributed by atoms with Gasteiger partial charge in [0.1, 0.15) is 11.4 Å². The summed E-state index contributed by atoms with van der Waals surface area (Å²) in [6.45, 7) is 1.76. The SMILES string of the molecule is C/C(=N/NC(=O)c1cc(-c2ccccc2Cl)n[nH]1)c1ccc(O)cc1. The number of halogens is 1. The van der Waals surface area contributed by atoms with E-state index in [0.29, 0.717) is 16.4 Å². The van der Waals surface area contributed by atoms with Crippen LogP contribution in [0, 0.1) is 0 Å². The van der Waals surface area contributed by atoms with Crippen LogP contribution < -0.4 is 5.43 Å². The highest BCUT2D eigenvalue weighted by molar-refractivity contribution is 6.33. The molecule has 6 nitrogen and oxygen atoms in total. The van der Waals surface area contributed by atoms with Gasteiger partial charge in [-0.1, -0.05) is 29.8 Å². The van der Waals surface area contributed by atoms with Gasteiger partial charge in [-0.05, 0) is 48.9 Å². The van der Waals surface area contributed by atoms with E-state index in [1.165, 1.54) is 0 Å². The fraction of sp³-hybridized carbons (Fsp3) is 0.0556. The second-order valence-corrected chi connectivity index (χ2v) is 5.74. The van der Waals surface area contributed by atoms with Crippen molar-refractivity contribution in [2.75, 3.05) is 0 Å². The van der Waals surface area contributed by atoms with Crippen molar-refractivity contribution in [1.29, 1.82) is 0 Å². The molecule has 3 aromatic rings. The Hall–Kier alpha value is -3.12. The summed E-state index contributed by atoms with van der Waals surface area (Å²) in [5, 5.41) is 20.7. The molecule has 1 aromatic heterocycles. The lowest BCUT2D eigenvalue weighted by Crippen LogP contribution is -2.19. The number of hydrogen-bond donors (Lipinski definition) is 3. The second kappa shape index (κ2) is 7.19. The second-order valence-electron chi connectivity index (χ2n) is 5.33. The van der Waals surface area contributed by atoms with E-state index in [0.717, 1.165) is 11.1 Å². The molecule has 126 valence electrons. The molecular formula is C18H15ClN4O2. The number of phenols is 1. The summed E-state index contributed by atoms with van der Waals surface area (Å²) < 4.78 is 0. The van der Waals surface area contributed by atoms with E-state index in [4.69, 9.17) is 11.6 Å². The predicted molar refractivity (Wildman–Crippen MR) is 96.8 cm³/mol. The van der Waals surface area contributed by atoms with Crippen LogP contribution in [0.1, 0.15) is 23.0 Å². The van der Waals surface area contributed by atoms with Crippen LogP contribution in [-0.4, -0.2) is 26.9 Å². The standard InChI is InChI=1S/C18H15ClN4O2/c1-11(12-6-8-13(24)9-7-12)20-23-18(25)17-10-16(21-22-17)14-4-2-3-5-15(14)19/h2-10,24H,1H3,(H,21,22)(H,23,25)/b20-11-. The molecule has 3 N–H and O–H groups in total. The molecule has 0 bridgehead atoms. The topological polar surface area (TPSA) is 90.4 Å². The van der Waals surface area contributed by atoms with Crippen molar-refractivity contribution in [1.82, 2.24) is 15.6 Å². The van der Waals surface area contributed by atoms with Gasteiger partial charge in [0, 0.05) is 5.56 Å². The van der Waals surface area contributed by atoms with E-state index in [-0.39, 0.29) is 11.4 Å². The third kappa shape index (κ3) is 3.87. The molecule has 0 aliphatic carbocycles. The Morgan fingerprint density at radius 1 is 1.20 bits per heavy atom. The van der Waals surface area contributed by atoms with Gasteiger partial charge in [-0.25, -0.2) is 5.43 Å². The zero-order valence-electron chi connectivity index (χ0n) is 13.3. The van der Waals surface area contributed by atoms with Crippen LogP contribution in [0.15, 0.2) is 59.7 Å². The first-order valence-electron chi connectivity index (χ1n) is 7.49. The largest absolute Gasteiger partial charge is 0.508 e. The number of phenolic OH excluding ortho intramolecular Hbond substituents is 1. The Balaban J connectivity index is 1.73. The fourth-order valence-electron chi connectivity index (χ4n) is 2.21. The van der Waals surface area contributed by atoms with Crippen molar-refractivity contribution in [2.24, 2.45) is 5.10 Å². The molecule has 1 amide bonds. The van der Waals surface area contributed by atoms with Crippen molar-refractivity contribution in [3.63, 3.8) is 0 Å². The van der Waals surface area contributed by atoms with Gasteiger partial charge in [-0.2, -0.15) is 10.2 Å². The number of rotatable bonds is 4. The van der Waals surface area contributed by atoms with Crippen molar-refractivity contribution in [3.8, 4) is 17.0 Å². The number of aromatic nitrogens is 2. The molecule has 0 saturated heterocycles. The summed E-state index contributed by atoms with van der Waals surface area (Å²) in [6.07, 6.45) is 0. The number of nitrogens with one attached hydrogen (secondary N) is 2. The maximum atomic E-state index is 12.2. The molecule has 25 heavy (non-hydrogen) atoms. The molecular weight excluding hydrogens is 340 g/mol. The number of carbonyl (C=O) groups is 1. The minimum absolute atomic E-state index is 0.171. The highest BCUT2D eigenvalue weighted by Crippen LogP contribution is 2.26. The lowest BCUT2D eigenvalue weighted by molar-refractivity contribution is 0.0950. The number of H-pyrrole nitrogens is 1. The summed E-state index contributed by atoms with van der Waals surface area (Å²) in [4.78, 5) is 12.2. The van der Waals surface area contributed by atoms with E-state index < -0.39 is 5.91 Å². The van der Waals surface area contributed by atoms with Crippen LogP contribution in [0.25, 0.3) is 11.3 Å². The summed E-state index contributed by atoms with van der Waals surface area (Å²) in [5.41, 5.74) is 5.47. The molecule has 0 spiro atoms. The molecule has 0 radical (unpaired) electrons. The first kappa shape index (κ1) is 16.7. The van der Waals surface area contributed by atoms with E-state index in [9.17, 15) is 9.90 Å². The quantitative estimate of drug-likeness (QED) is 0.494. The predicted octanol–water partition coefficient (Wildman–Crippen LogP) is 3.59. The number of aromatic hydroxyl groups is 1. The van der Waals surface area contributed by atoms with Gasteiger partial charge in [0.15, 0.2) is 0 Å². The number of amides is 1. The van der Waals surface area contributed by atoms with Crippen LogP contribution in [0.3, 0.4) is 0 Å². The molecule has 2 aromatic carbocycles. The lowest BCUT2D eigenvalue weighted by Gasteiger charge is -2.02. The first-order chi connectivity index (χ1) is 12.0. The van der Waals surface area contributed by atoms with Crippen molar-refractivity contribution in [2.45, 2.75) is 6.92 Å². The fourth-order valence-corrected chi connectivity index (χ4v) is 2.44. The molecule has 0 atom stereocenters. The van der Waals surface area contributed by atoms with Crippen LogP contribution in [0.2, 0.25) is 5.02 Å². The smallest absolute Gasteiger partial charge is 0.289 e. The van der Waals surface area contributed by atoms with Gasteiger partial charge in [0.05, 0.1) is 16.4 Å². The number of hydrogen-bond acceptors (Lipinski definition) is 4. The third-order valence-corrected chi connectivity index (χ3v) is 3.91. The number of nitrogens with zero attached hydrogens (tertiary/aromatic N) is 2. The molecule has 0 aliphatic heterocycles. The monoisotopic (exact) mass is 354 g/mol. The number of benzene rings is 2. The average Bonchev–Trinajstić information content (AvgIpc) is 3.10. The zero-order valence-corrected chi connectivity index (χ0v) is 14.1. The molecule has 1 heterocycles. The number of carbonyl (C=O) groups excluding carboxylic acids is 1. The highest BCUT2D eigenvalue weighted by Gasteiger charge is 2.12. The van der Waals surface area contributed by atoms with Gasteiger partial charge < -0.3 is 5.11 Å². The molecule has 3 rings (SSSR count). The first-order valence-corrected chi connectivity index (χ1v) is 7.87. The summed E-state index contributed by atoms with van der Waals surface area (Å²) in [6, 6.07) is 15.4. The van der Waals surface area contributed by atoms with Crippen LogP contribution in [0.4, 0.5) is 0 Å². The van der Waals surface area contributed by atoms with Crippen molar-refractivity contribution in [3.05, 3.63) is 70.9 Å². The molecule has 0 aliphatic rings. The minimum atomic E-state index is -0.413. The minimum Gasteiger partial charge on any atom is -0.508 e. The highest BCUT2D eigenvalue weighted by atomic mass is 35.5. The van der Waals surface area contributed by atoms with Crippen molar-refractivity contribution >= 4 is 23.2 Å². The Labute approximate surface area is 149 Å². The van der Waals surface area contributed by atoms with Crippen LogP contribution in [0.5, 0.6) is 5.75 Å². The molecule has 0 unspecified atom stereocenters. The van der Waals surface area contributed by atoms with Gasteiger partial charge in [0.25, 0.3) is 5.91 Å². The maximum absolute atomic E-state index is 12.2. The van der Waals surface area contributed by atoms with Crippen LogP contribution in [-0.2, 0) is 0 Å². The Kier molecular flexibility index (Phi) is 4.81. The summed E-state index contributed by atoms with van der Waals surface area (Å²) in [5.74, 6) is -0.242. The molecule has 7 heteroatoms. The van der Waals surface area contributed by atoms with E-state index in [2.05, 4.69) is 20.7 Å².